The number of carbonyl (C=O) groups is 3. The molecule has 1 heterocycles. The van der Waals surface area contributed by atoms with Gasteiger partial charge in [0.1, 0.15) is 5.75 Å². The molecule has 1 aliphatic carbocycles. The van der Waals surface area contributed by atoms with E-state index in [-0.39, 0.29) is 12.5 Å². The number of thiophene rings is 1. The van der Waals surface area contributed by atoms with Crippen LogP contribution in [0.3, 0.4) is 0 Å². The summed E-state index contributed by atoms with van der Waals surface area (Å²) in [4.78, 5) is 38.1. The summed E-state index contributed by atoms with van der Waals surface area (Å²) in [5.74, 6) is -0.0807. The Morgan fingerprint density at radius 1 is 1.18 bits per heavy atom. The van der Waals surface area contributed by atoms with E-state index < -0.39 is 11.8 Å². The standard InChI is InChI=1S/C20H23N3O4S/c1-12-6-7-16-14(8-12)10-17(28-16)20(26)23-22-18(24)11-21-19(25)13-4-3-5-15(9-13)27-2/h3-5,9-10,12H,6-8,11H2,1-2H3,(H,21,25)(H,22,24)(H,23,26). The molecule has 2 aromatic rings. The lowest BCUT2D eigenvalue weighted by atomic mass is 9.90. The zero-order chi connectivity index (χ0) is 20.1. The Morgan fingerprint density at radius 3 is 2.79 bits per heavy atom. The van der Waals surface area contributed by atoms with Crippen molar-refractivity contribution in [1.29, 1.82) is 0 Å². The molecule has 7 nitrogen and oxygen atoms in total. The van der Waals surface area contributed by atoms with Gasteiger partial charge in [0, 0.05) is 10.4 Å². The molecule has 1 aromatic heterocycles. The fraction of sp³-hybridized carbons (Fsp3) is 0.350. The maximum Gasteiger partial charge on any atom is 0.279 e. The van der Waals surface area contributed by atoms with Gasteiger partial charge in [-0.1, -0.05) is 13.0 Å². The van der Waals surface area contributed by atoms with Gasteiger partial charge < -0.3 is 10.1 Å². The summed E-state index contributed by atoms with van der Waals surface area (Å²) in [7, 11) is 1.51. The summed E-state index contributed by atoms with van der Waals surface area (Å²) >= 11 is 1.47. The second-order valence-corrected chi connectivity index (χ2v) is 7.96. The summed E-state index contributed by atoms with van der Waals surface area (Å²) in [6.45, 7) is 1.95. The number of hydrazine groups is 1. The second-order valence-electron chi connectivity index (χ2n) is 6.82. The molecule has 0 bridgehead atoms. The Bertz CT molecular complexity index is 893. The van der Waals surface area contributed by atoms with Gasteiger partial charge in [-0.3, -0.25) is 25.2 Å². The molecule has 1 aromatic carbocycles. The summed E-state index contributed by atoms with van der Waals surface area (Å²) in [6, 6.07) is 8.52. The second kappa shape index (κ2) is 8.88. The van der Waals surface area contributed by atoms with E-state index in [1.54, 1.807) is 24.3 Å². The molecule has 0 fully saturated rings. The molecular formula is C20H23N3O4S. The van der Waals surface area contributed by atoms with Crippen LogP contribution < -0.4 is 20.9 Å². The van der Waals surface area contributed by atoms with Gasteiger partial charge in [-0.15, -0.1) is 11.3 Å². The van der Waals surface area contributed by atoms with Crippen molar-refractivity contribution < 1.29 is 19.1 Å². The number of hydrogen-bond donors (Lipinski definition) is 3. The molecule has 0 saturated heterocycles. The fourth-order valence-electron chi connectivity index (χ4n) is 3.08. The van der Waals surface area contributed by atoms with Crippen LogP contribution in [-0.4, -0.2) is 31.4 Å². The first-order chi connectivity index (χ1) is 13.5. The zero-order valence-electron chi connectivity index (χ0n) is 15.8. The molecule has 8 heteroatoms. The number of nitrogens with one attached hydrogen (secondary N) is 3. The van der Waals surface area contributed by atoms with Crippen molar-refractivity contribution in [2.75, 3.05) is 13.7 Å². The van der Waals surface area contributed by atoms with Gasteiger partial charge in [-0.2, -0.15) is 0 Å². The lowest BCUT2D eigenvalue weighted by molar-refractivity contribution is -0.120. The van der Waals surface area contributed by atoms with Crippen LogP contribution >= 0.6 is 11.3 Å². The molecule has 0 saturated carbocycles. The van der Waals surface area contributed by atoms with Crippen molar-refractivity contribution >= 4 is 29.1 Å². The Balaban J connectivity index is 1.46. The topological polar surface area (TPSA) is 96.5 Å². The van der Waals surface area contributed by atoms with Crippen molar-refractivity contribution in [3.05, 3.63) is 51.2 Å². The SMILES string of the molecule is COc1cccc(C(=O)NCC(=O)NNC(=O)c2cc3c(s2)CCC(C)C3)c1. The van der Waals surface area contributed by atoms with E-state index in [0.29, 0.717) is 22.1 Å². The van der Waals surface area contributed by atoms with E-state index in [1.165, 1.54) is 28.9 Å². The molecule has 3 amide bonds. The average molecular weight is 401 g/mol. The molecule has 0 radical (unpaired) electrons. The summed E-state index contributed by atoms with van der Waals surface area (Å²) in [5.41, 5.74) is 6.34. The van der Waals surface area contributed by atoms with Gasteiger partial charge in [0.05, 0.1) is 18.5 Å². The highest BCUT2D eigenvalue weighted by Crippen LogP contribution is 2.32. The molecule has 0 aliphatic heterocycles. The summed E-state index contributed by atoms with van der Waals surface area (Å²) in [5, 5.41) is 2.50. The number of fused-ring (bicyclic) bond motifs is 1. The molecule has 1 atom stereocenters. The van der Waals surface area contributed by atoms with E-state index in [2.05, 4.69) is 23.1 Å². The molecule has 3 rings (SSSR count). The van der Waals surface area contributed by atoms with Crippen LogP contribution in [0, 0.1) is 5.92 Å². The van der Waals surface area contributed by atoms with Gasteiger partial charge >= 0.3 is 0 Å². The Kier molecular flexibility index (Phi) is 6.30. The number of hydrogen-bond acceptors (Lipinski definition) is 5. The first kappa shape index (κ1) is 19.9. The smallest absolute Gasteiger partial charge is 0.279 e. The van der Waals surface area contributed by atoms with Crippen molar-refractivity contribution in [2.45, 2.75) is 26.2 Å². The van der Waals surface area contributed by atoms with E-state index in [0.717, 1.165) is 19.3 Å². The number of methoxy groups -OCH3 is 1. The molecule has 148 valence electrons. The minimum atomic E-state index is -0.514. The number of carbonyl (C=O) groups excluding carboxylic acids is 3. The summed E-state index contributed by atoms with van der Waals surface area (Å²) < 4.78 is 5.07. The number of ether oxygens (including phenoxy) is 1. The number of benzene rings is 1. The van der Waals surface area contributed by atoms with Crippen LogP contribution in [0.15, 0.2) is 30.3 Å². The lowest BCUT2D eigenvalue weighted by Gasteiger charge is -2.16. The zero-order valence-corrected chi connectivity index (χ0v) is 16.7. The van der Waals surface area contributed by atoms with Gasteiger partial charge in [0.25, 0.3) is 17.7 Å². The molecule has 0 spiro atoms. The van der Waals surface area contributed by atoms with Gasteiger partial charge in [0.2, 0.25) is 0 Å². The molecule has 3 N–H and O–H groups in total. The third-order valence-electron chi connectivity index (χ3n) is 4.61. The molecule has 1 unspecified atom stereocenters. The summed E-state index contributed by atoms with van der Waals surface area (Å²) in [6.07, 6.45) is 3.12. The van der Waals surface area contributed by atoms with E-state index in [4.69, 9.17) is 4.74 Å². The van der Waals surface area contributed by atoms with Crippen LogP contribution in [0.2, 0.25) is 0 Å². The first-order valence-electron chi connectivity index (χ1n) is 9.09. The maximum absolute atomic E-state index is 12.3. The van der Waals surface area contributed by atoms with Gasteiger partial charge in [-0.05, 0) is 55.0 Å². The van der Waals surface area contributed by atoms with Crippen molar-refractivity contribution in [1.82, 2.24) is 16.2 Å². The quantitative estimate of drug-likeness (QED) is 0.669. The van der Waals surface area contributed by atoms with Crippen LogP contribution in [0.1, 0.15) is 43.8 Å². The maximum atomic E-state index is 12.3. The van der Waals surface area contributed by atoms with Crippen molar-refractivity contribution in [3.63, 3.8) is 0 Å². The molecule has 1 aliphatic rings. The van der Waals surface area contributed by atoms with Gasteiger partial charge in [0.15, 0.2) is 0 Å². The van der Waals surface area contributed by atoms with E-state index >= 15 is 0 Å². The Morgan fingerprint density at radius 2 is 2.00 bits per heavy atom. The monoisotopic (exact) mass is 401 g/mol. The highest BCUT2D eigenvalue weighted by Gasteiger charge is 2.21. The number of amides is 3. The predicted octanol–water partition coefficient (Wildman–Crippen LogP) is 2.07. The lowest BCUT2D eigenvalue weighted by Crippen LogP contribution is -2.46. The predicted molar refractivity (Wildman–Crippen MR) is 106 cm³/mol. The highest BCUT2D eigenvalue weighted by atomic mass is 32.1. The largest absolute Gasteiger partial charge is 0.497 e. The number of aryl methyl sites for hydroxylation is 1. The first-order valence-corrected chi connectivity index (χ1v) is 9.91. The Hall–Kier alpha value is -2.87. The van der Waals surface area contributed by atoms with E-state index in [1.807, 2.05) is 6.07 Å². The minimum Gasteiger partial charge on any atom is -0.497 e. The van der Waals surface area contributed by atoms with Crippen LogP contribution in [-0.2, 0) is 17.6 Å². The highest BCUT2D eigenvalue weighted by molar-refractivity contribution is 7.14. The van der Waals surface area contributed by atoms with Crippen LogP contribution in [0.25, 0.3) is 0 Å². The van der Waals surface area contributed by atoms with Crippen molar-refractivity contribution in [3.8, 4) is 5.75 Å². The third-order valence-corrected chi connectivity index (χ3v) is 5.85. The number of rotatable bonds is 5. The molecule has 28 heavy (non-hydrogen) atoms. The minimum absolute atomic E-state index is 0.255. The van der Waals surface area contributed by atoms with Gasteiger partial charge in [-0.25, -0.2) is 0 Å². The van der Waals surface area contributed by atoms with Crippen molar-refractivity contribution in [2.24, 2.45) is 5.92 Å². The van der Waals surface area contributed by atoms with Crippen LogP contribution in [0.5, 0.6) is 5.75 Å². The average Bonchev–Trinajstić information content (AvgIpc) is 3.13. The Labute approximate surface area is 167 Å². The molecular weight excluding hydrogens is 378 g/mol. The fourth-order valence-corrected chi connectivity index (χ4v) is 4.18. The van der Waals surface area contributed by atoms with Crippen LogP contribution in [0.4, 0.5) is 0 Å². The normalized spacial score (nSPS) is 15.3. The van der Waals surface area contributed by atoms with E-state index in [9.17, 15) is 14.4 Å². The third kappa shape index (κ3) is 4.89.